The summed E-state index contributed by atoms with van der Waals surface area (Å²) in [5.74, 6) is 1.83. The quantitative estimate of drug-likeness (QED) is 0.218. The Bertz CT molecular complexity index is 1210. The second-order valence-corrected chi connectivity index (χ2v) is 8.86. The largest absolute Gasteiger partial charge is 0.346 e. The highest BCUT2D eigenvalue weighted by Gasteiger charge is 2.18. The average molecular weight is 472 g/mol. The van der Waals surface area contributed by atoms with E-state index >= 15 is 0 Å². The molecule has 0 fully saturated rings. The number of hydrogen-bond donors (Lipinski definition) is 3. The summed E-state index contributed by atoms with van der Waals surface area (Å²) in [6, 6.07) is 17.7. The van der Waals surface area contributed by atoms with Crippen molar-refractivity contribution in [2.75, 3.05) is 0 Å². The third-order valence-electron chi connectivity index (χ3n) is 6.22. The second kappa shape index (κ2) is 12.1. The first-order valence-corrected chi connectivity index (χ1v) is 12.5. The summed E-state index contributed by atoms with van der Waals surface area (Å²) in [6.45, 7) is 1.90. The molecule has 0 unspecified atom stereocenters. The van der Waals surface area contributed by atoms with Crippen LogP contribution in [0.1, 0.15) is 69.6 Å². The topological polar surface area (TPSA) is 104 Å². The molecular weight excluding hydrogens is 438 g/mol. The van der Waals surface area contributed by atoms with Crippen LogP contribution in [0, 0.1) is 0 Å². The van der Waals surface area contributed by atoms with E-state index in [4.69, 9.17) is 0 Å². The first kappa shape index (κ1) is 24.4. The van der Waals surface area contributed by atoms with Gasteiger partial charge in [-0.05, 0) is 30.5 Å². The molecule has 7 heteroatoms. The average Bonchev–Trinajstić information content (AvgIpc) is 3.54. The predicted molar refractivity (Wildman–Crippen MR) is 138 cm³/mol. The van der Waals surface area contributed by atoms with E-state index in [1.807, 2.05) is 67.7 Å². The molecule has 4 rings (SSSR count). The maximum Gasteiger partial charge on any atom is 0.221 e. The molecule has 4 aromatic rings. The van der Waals surface area contributed by atoms with Gasteiger partial charge in [-0.3, -0.25) is 9.59 Å². The van der Waals surface area contributed by atoms with Gasteiger partial charge in [0, 0.05) is 25.7 Å². The van der Waals surface area contributed by atoms with Crippen LogP contribution >= 0.6 is 0 Å². The summed E-state index contributed by atoms with van der Waals surface area (Å²) in [7, 11) is 0. The third kappa shape index (κ3) is 6.88. The number of benzene rings is 2. The van der Waals surface area contributed by atoms with Crippen molar-refractivity contribution in [2.45, 2.75) is 64.3 Å². The third-order valence-corrected chi connectivity index (χ3v) is 6.22. The van der Waals surface area contributed by atoms with E-state index < -0.39 is 0 Å². The van der Waals surface area contributed by atoms with Crippen LogP contribution in [0.2, 0.25) is 0 Å². The van der Waals surface area contributed by atoms with E-state index in [1.165, 1.54) is 0 Å². The lowest BCUT2D eigenvalue weighted by Crippen LogP contribution is -2.29. The molecule has 0 aliphatic carbocycles. The van der Waals surface area contributed by atoms with Gasteiger partial charge in [0.05, 0.1) is 29.0 Å². The highest BCUT2D eigenvalue weighted by molar-refractivity contribution is 5.78. The van der Waals surface area contributed by atoms with E-state index in [-0.39, 0.29) is 11.9 Å². The number of carbonyl (C=O) groups excluding carboxylic acids is 2. The number of amides is 1. The minimum absolute atomic E-state index is 0.0331. The number of H-pyrrole nitrogens is 2. The molecular formula is C28H33N5O2. The molecule has 1 atom stereocenters. The standard InChI is InChI=1S/C28H33N5O2/c1-2-21(34)13-7-4-8-16-24(28-29-19-25(33-28)20-11-5-3-6-12-20)32-27(35)18-17-26-30-22-14-9-10-15-23(22)31-26/h3,5-6,9-12,14-15,19,24H,2,4,7-8,13,16-18H2,1H3,(H,29,33)(H,30,31)(H,32,35)/t24-/m0/s1. The van der Waals surface area contributed by atoms with Gasteiger partial charge in [0.1, 0.15) is 17.4 Å². The number of fused-ring (bicyclic) bond motifs is 1. The van der Waals surface area contributed by atoms with Crippen LogP contribution in [0.5, 0.6) is 0 Å². The SMILES string of the molecule is CCC(=O)CCCCC[C@H](NC(=O)CCc1nc2ccccc2[nH]1)c1ncc(-c2ccccc2)[nH]1. The highest BCUT2D eigenvalue weighted by atomic mass is 16.1. The molecule has 2 aromatic carbocycles. The van der Waals surface area contributed by atoms with Crippen molar-refractivity contribution in [1.82, 2.24) is 25.3 Å². The smallest absolute Gasteiger partial charge is 0.221 e. The van der Waals surface area contributed by atoms with Crippen molar-refractivity contribution in [3.8, 4) is 11.3 Å². The van der Waals surface area contributed by atoms with Gasteiger partial charge < -0.3 is 15.3 Å². The fourth-order valence-corrected chi connectivity index (χ4v) is 4.20. The maximum atomic E-state index is 12.9. The number of rotatable bonds is 13. The van der Waals surface area contributed by atoms with E-state index in [2.05, 4.69) is 25.3 Å². The Morgan fingerprint density at radius 3 is 2.54 bits per heavy atom. The number of aromatic amines is 2. The van der Waals surface area contributed by atoms with Crippen molar-refractivity contribution < 1.29 is 9.59 Å². The number of aryl methyl sites for hydroxylation is 1. The highest BCUT2D eigenvalue weighted by Crippen LogP contribution is 2.23. The zero-order valence-corrected chi connectivity index (χ0v) is 20.2. The number of aromatic nitrogens is 4. The molecule has 1 amide bonds. The van der Waals surface area contributed by atoms with Crippen molar-refractivity contribution >= 4 is 22.7 Å². The lowest BCUT2D eigenvalue weighted by atomic mass is 10.0. The van der Waals surface area contributed by atoms with Crippen molar-refractivity contribution in [1.29, 1.82) is 0 Å². The summed E-state index contributed by atoms with van der Waals surface area (Å²) in [6.07, 6.45) is 7.43. The molecule has 0 bridgehead atoms. The van der Waals surface area contributed by atoms with Crippen LogP contribution in [0.15, 0.2) is 60.8 Å². The molecule has 2 aromatic heterocycles. The normalized spacial score (nSPS) is 12.0. The zero-order valence-electron chi connectivity index (χ0n) is 20.2. The Hall–Kier alpha value is -3.74. The number of carbonyl (C=O) groups is 2. The van der Waals surface area contributed by atoms with Gasteiger partial charge in [-0.15, -0.1) is 0 Å². The van der Waals surface area contributed by atoms with E-state index in [9.17, 15) is 9.59 Å². The van der Waals surface area contributed by atoms with Crippen LogP contribution in [-0.2, 0) is 16.0 Å². The van der Waals surface area contributed by atoms with Gasteiger partial charge >= 0.3 is 0 Å². The molecule has 0 saturated carbocycles. The monoisotopic (exact) mass is 471 g/mol. The molecule has 35 heavy (non-hydrogen) atoms. The van der Waals surface area contributed by atoms with Gasteiger partial charge in [-0.25, -0.2) is 9.97 Å². The molecule has 7 nitrogen and oxygen atoms in total. The summed E-state index contributed by atoms with van der Waals surface area (Å²) >= 11 is 0. The van der Waals surface area contributed by atoms with Gasteiger partial charge in [0.2, 0.25) is 5.91 Å². The number of unbranched alkanes of at least 4 members (excludes halogenated alkanes) is 2. The minimum atomic E-state index is -0.211. The molecule has 0 radical (unpaired) electrons. The van der Waals surface area contributed by atoms with Crippen LogP contribution in [0.3, 0.4) is 0 Å². The fourth-order valence-electron chi connectivity index (χ4n) is 4.20. The summed E-state index contributed by atoms with van der Waals surface area (Å²) in [5, 5.41) is 3.17. The number of para-hydroxylation sites is 2. The molecule has 2 heterocycles. The first-order valence-electron chi connectivity index (χ1n) is 12.5. The van der Waals surface area contributed by atoms with Gasteiger partial charge in [-0.1, -0.05) is 62.2 Å². The Morgan fingerprint density at radius 2 is 1.74 bits per heavy atom. The van der Waals surface area contributed by atoms with E-state index in [0.29, 0.717) is 31.5 Å². The van der Waals surface area contributed by atoms with Crippen LogP contribution in [0.25, 0.3) is 22.3 Å². The molecule has 3 N–H and O–H groups in total. The number of Topliss-reactive ketones (excluding diaryl/α,β-unsaturated/α-hetero) is 1. The number of hydrogen-bond acceptors (Lipinski definition) is 4. The van der Waals surface area contributed by atoms with Crippen molar-refractivity contribution in [3.05, 3.63) is 72.4 Å². The van der Waals surface area contributed by atoms with E-state index in [0.717, 1.165) is 59.6 Å². The minimum Gasteiger partial charge on any atom is -0.346 e. The van der Waals surface area contributed by atoms with Crippen molar-refractivity contribution in [3.63, 3.8) is 0 Å². The first-order chi connectivity index (χ1) is 17.1. The molecule has 0 spiro atoms. The Balaban J connectivity index is 1.37. The molecule has 0 saturated heterocycles. The van der Waals surface area contributed by atoms with E-state index in [1.54, 1.807) is 0 Å². The lowest BCUT2D eigenvalue weighted by molar-refractivity contribution is -0.122. The summed E-state index contributed by atoms with van der Waals surface area (Å²) < 4.78 is 0. The fraction of sp³-hybridized carbons (Fsp3) is 0.357. The molecule has 0 aliphatic heterocycles. The van der Waals surface area contributed by atoms with Gasteiger partial charge in [0.15, 0.2) is 0 Å². The van der Waals surface area contributed by atoms with Gasteiger partial charge in [-0.2, -0.15) is 0 Å². The van der Waals surface area contributed by atoms with Crippen LogP contribution in [-0.4, -0.2) is 31.6 Å². The Kier molecular flexibility index (Phi) is 8.44. The molecule has 182 valence electrons. The predicted octanol–water partition coefficient (Wildman–Crippen LogP) is 5.67. The number of nitrogens with zero attached hydrogens (tertiary/aromatic N) is 2. The Morgan fingerprint density at radius 1 is 0.943 bits per heavy atom. The van der Waals surface area contributed by atoms with Crippen LogP contribution in [0.4, 0.5) is 0 Å². The van der Waals surface area contributed by atoms with Crippen LogP contribution < -0.4 is 5.32 Å². The second-order valence-electron chi connectivity index (χ2n) is 8.86. The summed E-state index contributed by atoms with van der Waals surface area (Å²) in [4.78, 5) is 40.3. The lowest BCUT2D eigenvalue weighted by Gasteiger charge is -2.17. The Labute approximate surface area is 205 Å². The number of nitrogens with one attached hydrogen (secondary N) is 3. The maximum absolute atomic E-state index is 12.9. The number of imidazole rings is 2. The number of ketones is 1. The van der Waals surface area contributed by atoms with Gasteiger partial charge in [0.25, 0.3) is 0 Å². The van der Waals surface area contributed by atoms with Crippen molar-refractivity contribution in [2.24, 2.45) is 0 Å². The molecule has 0 aliphatic rings. The summed E-state index contributed by atoms with van der Waals surface area (Å²) in [5.41, 5.74) is 3.87. The zero-order chi connectivity index (χ0) is 24.5.